The summed E-state index contributed by atoms with van der Waals surface area (Å²) in [7, 11) is 0. The molecule has 0 radical (unpaired) electrons. The molecule has 4 nitrogen and oxygen atoms in total. The SMILES string of the molecule is CCc1cc(C)cc(-c2ccc3ncc(C(=O)C4CC4)c(NC4CCC(N)CC4)c3c2)c1. The second-order valence-corrected chi connectivity index (χ2v) is 9.73. The van der Waals surface area contributed by atoms with Crippen molar-refractivity contribution in [3.8, 4) is 11.1 Å². The second kappa shape index (κ2) is 8.67. The molecular formula is C28H33N3O. The Kier molecular flexibility index (Phi) is 5.73. The summed E-state index contributed by atoms with van der Waals surface area (Å²) in [4.78, 5) is 17.8. The zero-order valence-corrected chi connectivity index (χ0v) is 19.2. The molecule has 5 rings (SSSR count). The fourth-order valence-corrected chi connectivity index (χ4v) is 4.98. The number of benzene rings is 2. The minimum atomic E-state index is 0.168. The third-order valence-electron chi connectivity index (χ3n) is 7.08. The highest BCUT2D eigenvalue weighted by Gasteiger charge is 2.33. The van der Waals surface area contributed by atoms with Crippen LogP contribution in [-0.4, -0.2) is 22.9 Å². The summed E-state index contributed by atoms with van der Waals surface area (Å²) in [5, 5.41) is 4.82. The normalized spacial score (nSPS) is 21.0. The lowest BCUT2D eigenvalue weighted by molar-refractivity contribution is 0.0968. The number of carbonyl (C=O) groups excluding carboxylic acids is 1. The van der Waals surface area contributed by atoms with E-state index in [-0.39, 0.29) is 11.7 Å². The molecule has 1 aromatic heterocycles. The number of carbonyl (C=O) groups is 1. The van der Waals surface area contributed by atoms with Crippen molar-refractivity contribution in [3.63, 3.8) is 0 Å². The van der Waals surface area contributed by atoms with Gasteiger partial charge in [-0.3, -0.25) is 9.78 Å². The topological polar surface area (TPSA) is 68.0 Å². The average molecular weight is 428 g/mol. The number of nitrogens with zero attached hydrogens (tertiary/aromatic N) is 1. The number of aryl methyl sites for hydroxylation is 2. The Morgan fingerprint density at radius 3 is 2.53 bits per heavy atom. The van der Waals surface area contributed by atoms with Crippen LogP contribution in [0, 0.1) is 12.8 Å². The molecule has 166 valence electrons. The van der Waals surface area contributed by atoms with Gasteiger partial charge in [0.2, 0.25) is 0 Å². The first-order valence-corrected chi connectivity index (χ1v) is 12.1. The quantitative estimate of drug-likeness (QED) is 0.470. The molecule has 0 saturated heterocycles. The van der Waals surface area contributed by atoms with Gasteiger partial charge in [0, 0.05) is 29.6 Å². The molecule has 2 fully saturated rings. The number of hydrogen-bond acceptors (Lipinski definition) is 4. The summed E-state index contributed by atoms with van der Waals surface area (Å²) in [5.41, 5.74) is 13.8. The van der Waals surface area contributed by atoms with Crippen LogP contribution < -0.4 is 11.1 Å². The molecule has 2 aliphatic rings. The summed E-state index contributed by atoms with van der Waals surface area (Å²) in [6, 6.07) is 13.9. The molecular weight excluding hydrogens is 394 g/mol. The minimum absolute atomic E-state index is 0.168. The minimum Gasteiger partial charge on any atom is -0.381 e. The van der Waals surface area contributed by atoms with Gasteiger partial charge < -0.3 is 11.1 Å². The van der Waals surface area contributed by atoms with E-state index >= 15 is 0 Å². The fraction of sp³-hybridized carbons (Fsp3) is 0.429. The Labute approximate surface area is 190 Å². The molecule has 3 N–H and O–H groups in total. The van der Waals surface area contributed by atoms with Gasteiger partial charge in [-0.2, -0.15) is 0 Å². The van der Waals surface area contributed by atoms with Crippen LogP contribution in [0.1, 0.15) is 66.9 Å². The monoisotopic (exact) mass is 427 g/mol. The maximum atomic E-state index is 13.1. The highest BCUT2D eigenvalue weighted by atomic mass is 16.1. The first kappa shape index (κ1) is 21.1. The van der Waals surface area contributed by atoms with Crippen LogP contribution in [0.3, 0.4) is 0 Å². The van der Waals surface area contributed by atoms with Gasteiger partial charge >= 0.3 is 0 Å². The summed E-state index contributed by atoms with van der Waals surface area (Å²) in [5.74, 6) is 0.408. The predicted octanol–water partition coefficient (Wildman–Crippen LogP) is 6.05. The molecule has 0 bridgehead atoms. The van der Waals surface area contributed by atoms with Crippen LogP contribution in [-0.2, 0) is 6.42 Å². The largest absolute Gasteiger partial charge is 0.381 e. The number of rotatable bonds is 6. The third-order valence-corrected chi connectivity index (χ3v) is 7.08. The van der Waals surface area contributed by atoms with E-state index in [1.165, 1.54) is 22.3 Å². The van der Waals surface area contributed by atoms with Crippen LogP contribution in [0.4, 0.5) is 5.69 Å². The van der Waals surface area contributed by atoms with E-state index in [0.29, 0.717) is 12.1 Å². The van der Waals surface area contributed by atoms with Gasteiger partial charge in [-0.1, -0.05) is 36.8 Å². The van der Waals surface area contributed by atoms with Crippen molar-refractivity contribution in [3.05, 3.63) is 59.3 Å². The highest BCUT2D eigenvalue weighted by Crippen LogP contribution is 2.38. The Bertz CT molecular complexity index is 1160. The number of pyridine rings is 1. The van der Waals surface area contributed by atoms with Crippen LogP contribution in [0.5, 0.6) is 0 Å². The Morgan fingerprint density at radius 1 is 1.03 bits per heavy atom. The van der Waals surface area contributed by atoms with Crippen molar-refractivity contribution >= 4 is 22.4 Å². The van der Waals surface area contributed by atoms with Crippen molar-refractivity contribution in [2.45, 2.75) is 70.9 Å². The molecule has 0 amide bonds. The lowest BCUT2D eigenvalue weighted by atomic mass is 9.90. The molecule has 0 unspecified atom stereocenters. The lowest BCUT2D eigenvalue weighted by Crippen LogP contribution is -2.33. The van der Waals surface area contributed by atoms with Gasteiger partial charge in [0.15, 0.2) is 5.78 Å². The predicted molar refractivity (Wildman–Crippen MR) is 132 cm³/mol. The number of fused-ring (bicyclic) bond motifs is 1. The summed E-state index contributed by atoms with van der Waals surface area (Å²) < 4.78 is 0. The van der Waals surface area contributed by atoms with Crippen LogP contribution >= 0.6 is 0 Å². The standard InChI is InChI=1S/C28H33N3O/c1-3-18-12-17(2)13-21(14-18)20-6-11-26-24(15-20)27(31-23-9-7-22(29)8-10-23)25(16-30-26)28(32)19-4-5-19/h6,11-16,19,22-23H,3-5,7-10,29H2,1-2H3,(H,30,31). The van der Waals surface area contributed by atoms with E-state index in [4.69, 9.17) is 5.73 Å². The van der Waals surface area contributed by atoms with Crippen LogP contribution in [0.2, 0.25) is 0 Å². The van der Waals surface area contributed by atoms with E-state index in [1.807, 2.05) is 0 Å². The highest BCUT2D eigenvalue weighted by molar-refractivity contribution is 6.10. The van der Waals surface area contributed by atoms with Crippen molar-refractivity contribution in [1.82, 2.24) is 4.98 Å². The number of ketones is 1. The van der Waals surface area contributed by atoms with Gasteiger partial charge in [0.25, 0.3) is 0 Å². The maximum Gasteiger partial charge on any atom is 0.169 e. The van der Waals surface area contributed by atoms with Crippen LogP contribution in [0.25, 0.3) is 22.0 Å². The first-order chi connectivity index (χ1) is 15.5. The van der Waals surface area contributed by atoms with Crippen LogP contribution in [0.15, 0.2) is 42.6 Å². The van der Waals surface area contributed by atoms with Gasteiger partial charge in [0.05, 0.1) is 16.8 Å². The molecule has 2 saturated carbocycles. The number of hydrogen-bond donors (Lipinski definition) is 2. The van der Waals surface area contributed by atoms with Gasteiger partial charge in [0.1, 0.15) is 0 Å². The number of nitrogens with one attached hydrogen (secondary N) is 1. The zero-order valence-electron chi connectivity index (χ0n) is 19.2. The lowest BCUT2D eigenvalue weighted by Gasteiger charge is -2.29. The summed E-state index contributed by atoms with van der Waals surface area (Å²) in [6.45, 7) is 4.34. The summed E-state index contributed by atoms with van der Waals surface area (Å²) >= 11 is 0. The van der Waals surface area contributed by atoms with E-state index in [0.717, 1.165) is 67.1 Å². The molecule has 0 atom stereocenters. The number of Topliss-reactive ketones (excluding diaryl/α,β-unsaturated/α-hetero) is 1. The number of aromatic nitrogens is 1. The van der Waals surface area contributed by atoms with Crippen molar-refractivity contribution in [2.24, 2.45) is 11.7 Å². The zero-order chi connectivity index (χ0) is 22.2. The second-order valence-electron chi connectivity index (χ2n) is 9.73. The smallest absolute Gasteiger partial charge is 0.169 e. The molecule has 4 heteroatoms. The van der Waals surface area contributed by atoms with Crippen molar-refractivity contribution in [2.75, 3.05) is 5.32 Å². The van der Waals surface area contributed by atoms with Crippen molar-refractivity contribution < 1.29 is 4.79 Å². The first-order valence-electron chi connectivity index (χ1n) is 12.1. The van der Waals surface area contributed by atoms with Gasteiger partial charge in [-0.05, 0) is 80.7 Å². The van der Waals surface area contributed by atoms with Gasteiger partial charge in [-0.25, -0.2) is 0 Å². The maximum absolute atomic E-state index is 13.1. The number of anilines is 1. The number of nitrogens with two attached hydrogens (primary N) is 1. The molecule has 3 aromatic rings. The molecule has 2 aliphatic carbocycles. The van der Waals surface area contributed by atoms with E-state index in [1.54, 1.807) is 6.20 Å². The summed E-state index contributed by atoms with van der Waals surface area (Å²) in [6.07, 6.45) is 8.94. The van der Waals surface area contributed by atoms with E-state index < -0.39 is 0 Å². The van der Waals surface area contributed by atoms with Gasteiger partial charge in [-0.15, -0.1) is 0 Å². The Hall–Kier alpha value is -2.72. The molecule has 0 aliphatic heterocycles. The van der Waals surface area contributed by atoms with E-state index in [2.05, 4.69) is 60.5 Å². The fourth-order valence-electron chi connectivity index (χ4n) is 4.98. The average Bonchev–Trinajstić information content (AvgIpc) is 3.65. The Balaban J connectivity index is 1.61. The Morgan fingerprint density at radius 2 is 1.81 bits per heavy atom. The van der Waals surface area contributed by atoms with Crippen molar-refractivity contribution in [1.29, 1.82) is 0 Å². The third kappa shape index (κ3) is 4.29. The molecule has 1 heterocycles. The molecule has 2 aromatic carbocycles. The van der Waals surface area contributed by atoms with E-state index in [9.17, 15) is 4.79 Å². The molecule has 32 heavy (non-hydrogen) atoms. The molecule has 0 spiro atoms.